The average Bonchev–Trinajstić information content (AvgIpc) is 2.96. The number of hydrogen-bond acceptors (Lipinski definition) is 6. The van der Waals surface area contributed by atoms with Gasteiger partial charge in [0.25, 0.3) is 5.56 Å². The number of thiazole rings is 1. The quantitative estimate of drug-likeness (QED) is 0.654. The SMILES string of the molecule is COC(=O)c1cccc(CSCc2cc(=O)n3c(C)csc3n2)c1. The summed E-state index contributed by atoms with van der Waals surface area (Å²) in [5.41, 5.74) is 3.22. The highest BCUT2D eigenvalue weighted by Gasteiger charge is 2.08. The molecule has 0 spiro atoms. The van der Waals surface area contributed by atoms with Crippen molar-refractivity contribution in [3.05, 3.63) is 68.6 Å². The molecule has 3 rings (SSSR count). The predicted octanol–water partition coefficient (Wildman–Crippen LogP) is 3.28. The van der Waals surface area contributed by atoms with Crippen LogP contribution in [0.3, 0.4) is 0 Å². The van der Waals surface area contributed by atoms with E-state index in [-0.39, 0.29) is 11.5 Å². The maximum absolute atomic E-state index is 12.1. The second-order valence-electron chi connectivity index (χ2n) is 5.27. The molecule has 2 heterocycles. The molecule has 2 aromatic heterocycles. The molecule has 0 unspecified atom stereocenters. The Balaban J connectivity index is 1.69. The lowest BCUT2D eigenvalue weighted by molar-refractivity contribution is 0.0600. The Labute approximate surface area is 147 Å². The summed E-state index contributed by atoms with van der Waals surface area (Å²) in [4.78, 5) is 28.9. The van der Waals surface area contributed by atoms with E-state index in [0.29, 0.717) is 11.3 Å². The number of aromatic nitrogens is 2. The van der Waals surface area contributed by atoms with Crippen LogP contribution in [0.5, 0.6) is 0 Å². The van der Waals surface area contributed by atoms with E-state index in [1.165, 1.54) is 18.4 Å². The van der Waals surface area contributed by atoms with Crippen LogP contribution in [-0.4, -0.2) is 22.5 Å². The van der Waals surface area contributed by atoms with Crippen LogP contribution in [-0.2, 0) is 16.2 Å². The largest absolute Gasteiger partial charge is 0.465 e. The Bertz CT molecular complexity index is 946. The highest BCUT2D eigenvalue weighted by atomic mass is 32.2. The first kappa shape index (κ1) is 16.7. The summed E-state index contributed by atoms with van der Waals surface area (Å²) in [5, 5.41) is 1.93. The van der Waals surface area contributed by atoms with Gasteiger partial charge in [-0.1, -0.05) is 12.1 Å². The molecular weight excluding hydrogens is 344 g/mol. The van der Waals surface area contributed by atoms with Gasteiger partial charge in [0.1, 0.15) is 0 Å². The van der Waals surface area contributed by atoms with Crippen molar-refractivity contribution in [2.75, 3.05) is 7.11 Å². The molecule has 0 radical (unpaired) electrons. The predicted molar refractivity (Wildman–Crippen MR) is 96.9 cm³/mol. The molecule has 0 aliphatic heterocycles. The van der Waals surface area contributed by atoms with E-state index in [2.05, 4.69) is 4.98 Å². The third-order valence-corrected chi connectivity index (χ3v) is 5.48. The Morgan fingerprint density at radius 3 is 2.96 bits per heavy atom. The first-order valence-corrected chi connectivity index (χ1v) is 9.33. The topological polar surface area (TPSA) is 60.7 Å². The van der Waals surface area contributed by atoms with Crippen LogP contribution in [0.15, 0.2) is 40.5 Å². The average molecular weight is 360 g/mol. The van der Waals surface area contributed by atoms with Gasteiger partial charge in [-0.25, -0.2) is 9.78 Å². The van der Waals surface area contributed by atoms with E-state index < -0.39 is 0 Å². The molecule has 7 heteroatoms. The maximum atomic E-state index is 12.1. The molecule has 0 amide bonds. The molecule has 1 aromatic carbocycles. The van der Waals surface area contributed by atoms with Crippen LogP contribution in [0, 0.1) is 6.92 Å². The smallest absolute Gasteiger partial charge is 0.337 e. The van der Waals surface area contributed by atoms with Crippen LogP contribution in [0.25, 0.3) is 4.96 Å². The molecule has 5 nitrogen and oxygen atoms in total. The highest BCUT2D eigenvalue weighted by Crippen LogP contribution is 2.19. The minimum atomic E-state index is -0.338. The van der Waals surface area contributed by atoms with E-state index in [4.69, 9.17) is 4.74 Å². The van der Waals surface area contributed by atoms with E-state index >= 15 is 0 Å². The molecular formula is C17H16N2O3S2. The Hall–Kier alpha value is -2.12. The number of hydrogen-bond donors (Lipinski definition) is 0. The lowest BCUT2D eigenvalue weighted by Gasteiger charge is -2.05. The maximum Gasteiger partial charge on any atom is 0.337 e. The molecule has 0 saturated heterocycles. The fourth-order valence-corrected chi connectivity index (χ4v) is 4.12. The van der Waals surface area contributed by atoms with Gasteiger partial charge in [-0.05, 0) is 24.6 Å². The van der Waals surface area contributed by atoms with Gasteiger partial charge < -0.3 is 4.74 Å². The molecule has 24 heavy (non-hydrogen) atoms. The summed E-state index contributed by atoms with van der Waals surface area (Å²) < 4.78 is 6.35. The fraction of sp³-hybridized carbons (Fsp3) is 0.235. The van der Waals surface area contributed by atoms with Gasteiger partial charge >= 0.3 is 5.97 Å². The van der Waals surface area contributed by atoms with Crippen molar-refractivity contribution in [1.29, 1.82) is 0 Å². The van der Waals surface area contributed by atoms with Gasteiger partial charge in [0, 0.05) is 28.6 Å². The Morgan fingerprint density at radius 1 is 1.33 bits per heavy atom. The zero-order valence-corrected chi connectivity index (χ0v) is 14.9. The summed E-state index contributed by atoms with van der Waals surface area (Å²) in [6.45, 7) is 1.90. The third kappa shape index (κ3) is 3.52. The number of carbonyl (C=O) groups excluding carboxylic acids is 1. The van der Waals surface area contributed by atoms with Gasteiger partial charge in [0.2, 0.25) is 0 Å². The minimum absolute atomic E-state index is 0.0398. The molecule has 0 N–H and O–H groups in total. The van der Waals surface area contributed by atoms with Crippen LogP contribution in [0.2, 0.25) is 0 Å². The lowest BCUT2D eigenvalue weighted by Crippen LogP contribution is -2.14. The van der Waals surface area contributed by atoms with Gasteiger partial charge in [0.05, 0.1) is 18.4 Å². The molecule has 124 valence electrons. The number of aryl methyl sites for hydroxylation is 1. The summed E-state index contributed by atoms with van der Waals surface area (Å²) in [5.74, 6) is 1.04. The van der Waals surface area contributed by atoms with Crippen molar-refractivity contribution in [2.24, 2.45) is 0 Å². The number of rotatable bonds is 5. The molecule has 0 saturated carbocycles. The van der Waals surface area contributed by atoms with Crippen molar-refractivity contribution in [3.8, 4) is 0 Å². The van der Waals surface area contributed by atoms with Crippen molar-refractivity contribution in [1.82, 2.24) is 9.38 Å². The molecule has 3 aromatic rings. The first-order valence-electron chi connectivity index (χ1n) is 7.30. The number of ether oxygens (including phenoxy) is 1. The van der Waals surface area contributed by atoms with Gasteiger partial charge in [0.15, 0.2) is 4.96 Å². The van der Waals surface area contributed by atoms with Gasteiger partial charge in [-0.15, -0.1) is 11.3 Å². The number of esters is 1. The van der Waals surface area contributed by atoms with Crippen molar-refractivity contribution in [3.63, 3.8) is 0 Å². The van der Waals surface area contributed by atoms with E-state index in [1.807, 2.05) is 30.5 Å². The Kier molecular flexibility index (Phi) is 5.01. The second-order valence-corrected chi connectivity index (χ2v) is 7.09. The lowest BCUT2D eigenvalue weighted by atomic mass is 10.1. The molecule has 0 atom stereocenters. The Morgan fingerprint density at radius 2 is 2.17 bits per heavy atom. The number of benzene rings is 1. The van der Waals surface area contributed by atoms with Gasteiger partial charge in [-0.3, -0.25) is 9.20 Å². The number of fused-ring (bicyclic) bond motifs is 1. The molecule has 0 bridgehead atoms. The normalized spacial score (nSPS) is 10.9. The monoisotopic (exact) mass is 360 g/mol. The third-order valence-electron chi connectivity index (χ3n) is 3.50. The number of thioether (sulfide) groups is 1. The highest BCUT2D eigenvalue weighted by molar-refractivity contribution is 7.97. The minimum Gasteiger partial charge on any atom is -0.465 e. The van der Waals surface area contributed by atoms with Crippen molar-refractivity contribution in [2.45, 2.75) is 18.4 Å². The molecule has 0 fully saturated rings. The summed E-state index contributed by atoms with van der Waals surface area (Å²) in [6, 6.07) is 8.95. The van der Waals surface area contributed by atoms with Crippen LogP contribution in [0.1, 0.15) is 27.3 Å². The first-order chi connectivity index (χ1) is 11.6. The van der Waals surface area contributed by atoms with Crippen molar-refractivity contribution >= 4 is 34.0 Å². The summed E-state index contributed by atoms with van der Waals surface area (Å²) in [7, 11) is 1.37. The zero-order chi connectivity index (χ0) is 17.1. The fourth-order valence-electron chi connectivity index (χ4n) is 2.35. The number of methoxy groups -OCH3 is 1. The standard InChI is InChI=1S/C17H16N2O3S2/c1-11-8-24-17-18-14(7-15(20)19(11)17)10-23-9-12-4-3-5-13(6-12)16(21)22-2/h3-8H,9-10H2,1-2H3. The molecule has 0 aliphatic rings. The number of nitrogens with zero attached hydrogens (tertiary/aromatic N) is 2. The van der Waals surface area contributed by atoms with E-state index in [9.17, 15) is 9.59 Å². The summed E-state index contributed by atoms with van der Waals surface area (Å²) >= 11 is 3.12. The van der Waals surface area contributed by atoms with Gasteiger partial charge in [-0.2, -0.15) is 11.8 Å². The van der Waals surface area contributed by atoms with E-state index in [0.717, 1.165) is 27.7 Å². The van der Waals surface area contributed by atoms with E-state index in [1.54, 1.807) is 28.3 Å². The van der Waals surface area contributed by atoms with Crippen LogP contribution < -0.4 is 5.56 Å². The van der Waals surface area contributed by atoms with Crippen LogP contribution in [0.4, 0.5) is 0 Å². The summed E-state index contributed by atoms with van der Waals surface area (Å²) in [6.07, 6.45) is 0. The number of carbonyl (C=O) groups is 1. The zero-order valence-electron chi connectivity index (χ0n) is 13.3. The second kappa shape index (κ2) is 7.19. The van der Waals surface area contributed by atoms with Crippen LogP contribution >= 0.6 is 23.1 Å². The van der Waals surface area contributed by atoms with Crippen molar-refractivity contribution < 1.29 is 9.53 Å². The molecule has 0 aliphatic carbocycles.